The molecule has 0 aliphatic rings. The van der Waals surface area contributed by atoms with Crippen LogP contribution in [0.25, 0.3) is 0 Å². The van der Waals surface area contributed by atoms with Crippen LogP contribution in [0.2, 0.25) is 0 Å². The predicted molar refractivity (Wildman–Crippen MR) is 91.9 cm³/mol. The van der Waals surface area contributed by atoms with Crippen LogP contribution in [0.3, 0.4) is 0 Å². The maximum atomic E-state index is 13.8. The normalized spacial score (nSPS) is 16.5. The number of quaternary nitrogens is 1. The Hall–Kier alpha value is -1.12. The van der Waals surface area contributed by atoms with Gasteiger partial charge in [-0.1, -0.05) is 0 Å². The Kier molecular flexibility index (Phi) is 10.00. The number of aliphatic hydroxyl groups excluding tert-OH is 2. The van der Waals surface area contributed by atoms with Gasteiger partial charge in [-0.3, -0.25) is 0 Å². The molecule has 0 saturated heterocycles. The van der Waals surface area contributed by atoms with Crippen LogP contribution in [0.1, 0.15) is 12.8 Å². The molecule has 0 aromatic carbocycles. The largest absolute Gasteiger partial charge is 0.460 e. The zero-order valence-electron chi connectivity index (χ0n) is 17.8. The smallest absolute Gasteiger partial charge is 0.394 e. The number of nitrogens with one attached hydrogen (secondary N) is 1. The van der Waals surface area contributed by atoms with E-state index >= 15 is 0 Å². The standard InChI is InChI=1S/C15H22F13N2O4S/c1-30(2,7-4-9(32)8-31)6-3-5-29-35(33,34)15(27,28)13(22,23)11(18,19)10(16,17)12(20,21)14(24,25)26/h9,29,31-32H,3-8H2,1-2H3/q+1. The maximum absolute atomic E-state index is 13.8. The summed E-state index contributed by atoms with van der Waals surface area (Å²) in [5.41, 5.74) is 0. The number of hydrogen-bond donors (Lipinski definition) is 3. The van der Waals surface area contributed by atoms with Gasteiger partial charge < -0.3 is 14.7 Å². The summed E-state index contributed by atoms with van der Waals surface area (Å²) in [6.45, 7) is -1.84. The number of aliphatic hydroxyl groups is 2. The second kappa shape index (κ2) is 10.3. The van der Waals surface area contributed by atoms with E-state index in [0.29, 0.717) is 4.72 Å². The molecule has 0 aromatic heterocycles. The second-order valence-corrected chi connectivity index (χ2v) is 9.88. The third-order valence-corrected chi connectivity index (χ3v) is 6.27. The maximum Gasteiger partial charge on any atom is 0.460 e. The number of sulfonamides is 1. The molecule has 0 radical (unpaired) electrons. The van der Waals surface area contributed by atoms with Gasteiger partial charge in [0.25, 0.3) is 10.0 Å². The van der Waals surface area contributed by atoms with Crippen molar-refractivity contribution in [2.24, 2.45) is 0 Å². The highest BCUT2D eigenvalue weighted by Gasteiger charge is 2.92. The molecule has 0 fully saturated rings. The van der Waals surface area contributed by atoms with Crippen molar-refractivity contribution in [2.75, 3.05) is 40.3 Å². The van der Waals surface area contributed by atoms with Gasteiger partial charge >= 0.3 is 35.1 Å². The van der Waals surface area contributed by atoms with E-state index in [1.54, 1.807) is 0 Å². The van der Waals surface area contributed by atoms with Gasteiger partial charge in [-0.15, -0.1) is 0 Å². The molecule has 6 nitrogen and oxygen atoms in total. The van der Waals surface area contributed by atoms with Gasteiger partial charge in [0.05, 0.1) is 39.9 Å². The van der Waals surface area contributed by atoms with Gasteiger partial charge in [0.2, 0.25) is 0 Å². The van der Waals surface area contributed by atoms with Gasteiger partial charge in [0.1, 0.15) is 0 Å². The molecule has 0 aliphatic carbocycles. The van der Waals surface area contributed by atoms with Gasteiger partial charge in [-0.05, 0) is 0 Å². The van der Waals surface area contributed by atoms with Crippen LogP contribution in [0, 0.1) is 0 Å². The Labute approximate surface area is 190 Å². The van der Waals surface area contributed by atoms with Crippen molar-refractivity contribution in [1.29, 1.82) is 0 Å². The van der Waals surface area contributed by atoms with Crippen LogP contribution in [0.5, 0.6) is 0 Å². The number of hydrogen-bond acceptors (Lipinski definition) is 4. The van der Waals surface area contributed by atoms with Crippen LogP contribution in [0.4, 0.5) is 57.1 Å². The van der Waals surface area contributed by atoms with E-state index in [1.165, 1.54) is 14.1 Å². The van der Waals surface area contributed by atoms with Crippen molar-refractivity contribution in [3.05, 3.63) is 0 Å². The van der Waals surface area contributed by atoms with E-state index < -0.39 is 70.8 Å². The lowest BCUT2D eigenvalue weighted by Gasteiger charge is -2.39. The van der Waals surface area contributed by atoms with E-state index in [4.69, 9.17) is 5.11 Å². The Bertz CT molecular complexity index is 816. The van der Waals surface area contributed by atoms with Crippen molar-refractivity contribution >= 4 is 10.0 Å². The molecule has 3 N–H and O–H groups in total. The topological polar surface area (TPSA) is 86.6 Å². The molecule has 0 aliphatic heterocycles. The van der Waals surface area contributed by atoms with Gasteiger partial charge in [0, 0.05) is 19.4 Å². The third kappa shape index (κ3) is 6.42. The summed E-state index contributed by atoms with van der Waals surface area (Å²) >= 11 is 0. The number of halogens is 13. The van der Waals surface area contributed by atoms with Crippen LogP contribution in [-0.4, -0.2) is 105 Å². The Morgan fingerprint density at radius 1 is 0.771 bits per heavy atom. The lowest BCUT2D eigenvalue weighted by molar-refractivity contribution is -0.891. The number of alkyl halides is 13. The Morgan fingerprint density at radius 3 is 1.60 bits per heavy atom. The summed E-state index contributed by atoms with van der Waals surface area (Å²) in [5.74, 6) is -32.3. The van der Waals surface area contributed by atoms with Crippen molar-refractivity contribution in [3.63, 3.8) is 0 Å². The van der Waals surface area contributed by atoms with Crippen molar-refractivity contribution < 1.29 is 80.2 Å². The van der Waals surface area contributed by atoms with Gasteiger partial charge in [-0.2, -0.15) is 57.1 Å². The second-order valence-electron chi connectivity index (χ2n) is 8.07. The molecule has 35 heavy (non-hydrogen) atoms. The van der Waals surface area contributed by atoms with Crippen molar-refractivity contribution in [1.82, 2.24) is 4.72 Å². The lowest BCUT2D eigenvalue weighted by Crippen LogP contribution is -2.71. The minimum Gasteiger partial charge on any atom is -0.394 e. The fourth-order valence-corrected chi connectivity index (χ4v) is 3.49. The molecule has 1 atom stereocenters. The summed E-state index contributed by atoms with van der Waals surface area (Å²) in [7, 11) is -4.14. The van der Waals surface area contributed by atoms with E-state index in [2.05, 4.69) is 0 Å². The van der Waals surface area contributed by atoms with E-state index in [-0.39, 0.29) is 24.0 Å². The molecule has 1 unspecified atom stereocenters. The highest BCUT2D eigenvalue weighted by Crippen LogP contribution is 2.60. The molecule has 0 saturated carbocycles. The zero-order valence-corrected chi connectivity index (χ0v) is 18.6. The highest BCUT2D eigenvalue weighted by atomic mass is 32.2. The average Bonchev–Trinajstić information content (AvgIpc) is 2.67. The summed E-state index contributed by atoms with van der Waals surface area (Å²) in [6, 6.07) is 0. The molecular formula is C15H22F13N2O4S+. The van der Waals surface area contributed by atoms with Crippen molar-refractivity contribution in [2.45, 2.75) is 54.1 Å². The molecule has 212 valence electrons. The van der Waals surface area contributed by atoms with E-state index in [9.17, 15) is 70.6 Å². The fourth-order valence-electron chi connectivity index (χ4n) is 2.43. The minimum absolute atomic E-state index is 0.00533. The average molecular weight is 573 g/mol. The minimum atomic E-state index is -8.20. The van der Waals surface area contributed by atoms with Crippen LogP contribution in [0.15, 0.2) is 0 Å². The first-order valence-electron chi connectivity index (χ1n) is 9.22. The summed E-state index contributed by atoms with van der Waals surface area (Å²) in [5, 5.41) is 10.7. The molecule has 0 spiro atoms. The predicted octanol–water partition coefficient (Wildman–Crippen LogP) is 2.81. The zero-order chi connectivity index (χ0) is 28.5. The van der Waals surface area contributed by atoms with E-state index in [0.717, 1.165) is 0 Å². The first kappa shape index (κ1) is 33.9. The van der Waals surface area contributed by atoms with E-state index in [1.807, 2.05) is 0 Å². The molecule has 0 heterocycles. The van der Waals surface area contributed by atoms with Gasteiger partial charge in [0.15, 0.2) is 0 Å². The van der Waals surface area contributed by atoms with Crippen LogP contribution >= 0.6 is 0 Å². The number of nitrogens with zero attached hydrogens (tertiary/aromatic N) is 1. The molecule has 20 heteroatoms. The summed E-state index contributed by atoms with van der Waals surface area (Å²) in [6.07, 6.45) is -9.22. The molecule has 0 amide bonds. The first-order valence-corrected chi connectivity index (χ1v) is 10.7. The molecule has 0 aromatic rings. The third-order valence-electron chi connectivity index (χ3n) is 4.75. The Balaban J connectivity index is 5.70. The van der Waals surface area contributed by atoms with Crippen LogP contribution < -0.4 is 4.72 Å². The van der Waals surface area contributed by atoms with Gasteiger partial charge in [-0.25, -0.2) is 13.1 Å². The number of rotatable bonds is 14. The fraction of sp³-hybridized carbons (Fsp3) is 1.00. The monoisotopic (exact) mass is 573 g/mol. The first-order chi connectivity index (χ1) is 15.2. The lowest BCUT2D eigenvalue weighted by atomic mass is 9.98. The summed E-state index contributed by atoms with van der Waals surface area (Å²) < 4.78 is 194. The summed E-state index contributed by atoms with van der Waals surface area (Å²) in [4.78, 5) is 0. The Morgan fingerprint density at radius 2 is 1.20 bits per heavy atom. The molecule has 0 bridgehead atoms. The highest BCUT2D eigenvalue weighted by molar-refractivity contribution is 7.90. The quantitative estimate of drug-likeness (QED) is 0.170. The molecular weight excluding hydrogens is 551 g/mol. The molecule has 0 rings (SSSR count). The van der Waals surface area contributed by atoms with Crippen LogP contribution in [-0.2, 0) is 10.0 Å². The van der Waals surface area contributed by atoms with Crippen molar-refractivity contribution in [3.8, 4) is 0 Å². The SMILES string of the molecule is C[N+](C)(CCCNS(=O)(=O)C(F)(F)C(F)(F)C(F)(F)C(F)(F)C(F)(F)C(F)(F)F)CCC(O)CO.